The maximum absolute atomic E-state index is 12.9. The molecule has 1 amide bonds. The Bertz CT molecular complexity index is 913. The Morgan fingerprint density at radius 3 is 2.38 bits per heavy atom. The van der Waals surface area contributed by atoms with Gasteiger partial charge in [0.05, 0.1) is 13.7 Å². The molecule has 1 saturated heterocycles. The van der Waals surface area contributed by atoms with E-state index in [9.17, 15) is 19.2 Å². The van der Waals surface area contributed by atoms with Crippen LogP contribution in [0.4, 0.5) is 11.5 Å². The molecule has 1 aromatic rings. The van der Waals surface area contributed by atoms with Gasteiger partial charge in [-0.15, -0.1) is 0 Å². The third-order valence-electron chi connectivity index (χ3n) is 4.64. The lowest BCUT2D eigenvalue weighted by Crippen LogP contribution is -2.68. The minimum Gasteiger partial charge on any atom is -0.468 e. The zero-order valence-corrected chi connectivity index (χ0v) is 16.6. The Hall–Kier alpha value is -3.15. The molecule has 0 saturated carbocycles. The van der Waals surface area contributed by atoms with Gasteiger partial charge in [-0.2, -0.15) is 4.98 Å². The van der Waals surface area contributed by atoms with Crippen LogP contribution in [0.3, 0.4) is 0 Å². The van der Waals surface area contributed by atoms with Crippen LogP contribution >= 0.6 is 0 Å². The van der Waals surface area contributed by atoms with Gasteiger partial charge in [-0.3, -0.25) is 28.6 Å². The second-order valence-electron chi connectivity index (χ2n) is 6.66. The molecular formula is C17H22N4O8. The van der Waals surface area contributed by atoms with Crippen molar-refractivity contribution in [2.75, 3.05) is 23.9 Å². The van der Waals surface area contributed by atoms with Gasteiger partial charge in [0.1, 0.15) is 6.04 Å². The molecule has 2 aliphatic rings. The van der Waals surface area contributed by atoms with Crippen LogP contribution in [0, 0.1) is 0 Å². The van der Waals surface area contributed by atoms with Crippen LogP contribution < -0.4 is 20.5 Å². The minimum atomic E-state index is -1.06. The van der Waals surface area contributed by atoms with Gasteiger partial charge in [-0.1, -0.05) is 0 Å². The molecule has 29 heavy (non-hydrogen) atoms. The number of anilines is 2. The van der Waals surface area contributed by atoms with Gasteiger partial charge in [0.2, 0.25) is 5.91 Å². The molecule has 1 N–H and O–H groups in total. The summed E-state index contributed by atoms with van der Waals surface area (Å²) in [6, 6.07) is -0.932. The van der Waals surface area contributed by atoms with E-state index in [1.165, 1.54) is 34.9 Å². The van der Waals surface area contributed by atoms with Crippen molar-refractivity contribution in [3.63, 3.8) is 0 Å². The molecule has 12 nitrogen and oxygen atoms in total. The highest BCUT2D eigenvalue weighted by Crippen LogP contribution is 2.36. The molecule has 0 spiro atoms. The second kappa shape index (κ2) is 7.70. The molecule has 3 rings (SSSR count). The van der Waals surface area contributed by atoms with Crippen molar-refractivity contribution in [1.82, 2.24) is 9.55 Å². The minimum absolute atomic E-state index is 0.0355. The molecule has 2 aliphatic heterocycles. The Morgan fingerprint density at radius 1 is 1.17 bits per heavy atom. The summed E-state index contributed by atoms with van der Waals surface area (Å²) in [7, 11) is 2.81. The number of rotatable bonds is 3. The monoisotopic (exact) mass is 410 g/mol. The van der Waals surface area contributed by atoms with E-state index in [2.05, 4.69) is 10.3 Å². The predicted molar refractivity (Wildman–Crippen MR) is 97.4 cm³/mol. The largest absolute Gasteiger partial charge is 0.468 e. The van der Waals surface area contributed by atoms with E-state index in [0.717, 1.165) is 9.47 Å². The first kappa shape index (κ1) is 20.6. The van der Waals surface area contributed by atoms with Crippen LogP contribution in [0.25, 0.3) is 0 Å². The molecule has 0 bridgehead atoms. The van der Waals surface area contributed by atoms with Crippen molar-refractivity contribution in [3.05, 3.63) is 10.4 Å². The Kier molecular flexibility index (Phi) is 5.46. The highest BCUT2D eigenvalue weighted by Gasteiger charge is 2.52. The fourth-order valence-electron chi connectivity index (χ4n) is 3.57. The lowest BCUT2D eigenvalue weighted by atomic mass is 9.96. The zero-order valence-electron chi connectivity index (χ0n) is 16.6. The molecule has 1 fully saturated rings. The topological polar surface area (TPSA) is 138 Å². The van der Waals surface area contributed by atoms with E-state index in [-0.39, 0.29) is 24.1 Å². The number of methoxy groups -OCH3 is 1. The number of esters is 2. The van der Waals surface area contributed by atoms with E-state index in [4.69, 9.17) is 18.9 Å². The molecular weight excluding hydrogens is 388 g/mol. The van der Waals surface area contributed by atoms with Gasteiger partial charge in [0, 0.05) is 27.8 Å². The molecule has 3 heterocycles. The first-order valence-electron chi connectivity index (χ1n) is 8.83. The summed E-state index contributed by atoms with van der Waals surface area (Å²) >= 11 is 0. The molecule has 1 aromatic heterocycles. The first-order chi connectivity index (χ1) is 13.6. The highest BCUT2D eigenvalue weighted by molar-refractivity contribution is 5.96. The zero-order chi connectivity index (χ0) is 21.5. The van der Waals surface area contributed by atoms with Crippen LogP contribution in [0.2, 0.25) is 0 Å². The van der Waals surface area contributed by atoms with Crippen molar-refractivity contribution < 1.29 is 33.3 Å². The summed E-state index contributed by atoms with van der Waals surface area (Å²) in [5.74, 6) is -1.65. The SMILES string of the molecule is COc1nc2c(c(=O)n1C)N(C(C)=O)[C@@H]1[C@@H](OC(C)=O)[C@@H](OC(C)=O)CO[C@@H]1N2. The molecule has 4 atom stereocenters. The Balaban J connectivity index is 2.15. The maximum Gasteiger partial charge on any atom is 0.303 e. The molecule has 12 heteroatoms. The fraction of sp³-hybridized carbons (Fsp3) is 0.588. The Labute approximate surface area is 165 Å². The number of hydrogen-bond acceptors (Lipinski definition) is 10. The standard InChI is InChI=1S/C17H22N4O8/c1-7(22)21-11-13(29-9(3)24)10(28-8(2)23)6-27-15(11)18-14-12(21)16(25)20(4)17(19-14)26-5/h10-11,13,15,18H,6H2,1-5H3/t10-,11+,13-,15-/m0/s1. The molecule has 158 valence electrons. The summed E-state index contributed by atoms with van der Waals surface area (Å²) in [5.41, 5.74) is -0.601. The van der Waals surface area contributed by atoms with Crippen LogP contribution in [0.15, 0.2) is 4.79 Å². The van der Waals surface area contributed by atoms with E-state index < -0.39 is 47.9 Å². The van der Waals surface area contributed by atoms with Crippen molar-refractivity contribution >= 4 is 29.4 Å². The number of aromatic nitrogens is 2. The van der Waals surface area contributed by atoms with Crippen LogP contribution in [0.1, 0.15) is 20.8 Å². The fourth-order valence-corrected chi connectivity index (χ4v) is 3.57. The molecule has 0 aliphatic carbocycles. The number of carbonyl (C=O) groups excluding carboxylic acids is 3. The summed E-state index contributed by atoms with van der Waals surface area (Å²) in [4.78, 5) is 54.1. The van der Waals surface area contributed by atoms with E-state index in [1.54, 1.807) is 0 Å². The summed E-state index contributed by atoms with van der Waals surface area (Å²) in [5, 5.41) is 2.95. The number of fused-ring (bicyclic) bond motifs is 2. The number of amides is 1. The van der Waals surface area contributed by atoms with Gasteiger partial charge in [-0.05, 0) is 0 Å². The highest BCUT2D eigenvalue weighted by atomic mass is 16.6. The average molecular weight is 410 g/mol. The molecule has 0 unspecified atom stereocenters. The number of ether oxygens (including phenoxy) is 4. The summed E-state index contributed by atoms with van der Waals surface area (Å²) < 4.78 is 22.6. The lowest BCUT2D eigenvalue weighted by molar-refractivity contribution is -0.190. The number of nitrogens with one attached hydrogen (secondary N) is 1. The quantitative estimate of drug-likeness (QED) is 0.627. The molecule has 0 radical (unpaired) electrons. The van der Waals surface area contributed by atoms with Crippen LogP contribution in [-0.4, -0.2) is 65.6 Å². The van der Waals surface area contributed by atoms with Crippen molar-refractivity contribution in [3.8, 4) is 6.01 Å². The van der Waals surface area contributed by atoms with Crippen molar-refractivity contribution in [2.24, 2.45) is 7.05 Å². The first-order valence-corrected chi connectivity index (χ1v) is 8.83. The number of nitrogens with zero attached hydrogens (tertiary/aromatic N) is 3. The van der Waals surface area contributed by atoms with E-state index in [0.29, 0.717) is 0 Å². The second-order valence-corrected chi connectivity index (χ2v) is 6.66. The smallest absolute Gasteiger partial charge is 0.303 e. The number of carbonyl (C=O) groups is 3. The Morgan fingerprint density at radius 2 is 1.83 bits per heavy atom. The third kappa shape index (κ3) is 3.62. The van der Waals surface area contributed by atoms with Gasteiger partial charge >= 0.3 is 17.9 Å². The lowest BCUT2D eigenvalue weighted by Gasteiger charge is -2.48. The van der Waals surface area contributed by atoms with Gasteiger partial charge in [0.25, 0.3) is 5.56 Å². The summed E-state index contributed by atoms with van der Waals surface area (Å²) in [6.45, 7) is 3.58. The predicted octanol–water partition coefficient (Wildman–Crippen LogP) is -0.844. The van der Waals surface area contributed by atoms with E-state index >= 15 is 0 Å². The maximum atomic E-state index is 12.9. The van der Waals surface area contributed by atoms with Gasteiger partial charge < -0.3 is 24.3 Å². The van der Waals surface area contributed by atoms with Crippen molar-refractivity contribution in [2.45, 2.75) is 45.2 Å². The van der Waals surface area contributed by atoms with Gasteiger partial charge in [-0.25, -0.2) is 0 Å². The van der Waals surface area contributed by atoms with E-state index in [1.807, 2.05) is 0 Å². The van der Waals surface area contributed by atoms with Crippen molar-refractivity contribution in [1.29, 1.82) is 0 Å². The van der Waals surface area contributed by atoms with Gasteiger partial charge in [0.15, 0.2) is 29.9 Å². The molecule has 0 aromatic carbocycles. The third-order valence-corrected chi connectivity index (χ3v) is 4.64. The average Bonchev–Trinajstić information content (AvgIpc) is 2.64. The number of hydrogen-bond donors (Lipinski definition) is 1. The van der Waals surface area contributed by atoms with Crippen LogP contribution in [-0.2, 0) is 35.6 Å². The van der Waals surface area contributed by atoms with Crippen LogP contribution in [0.5, 0.6) is 6.01 Å². The normalized spacial score (nSPS) is 25.2. The summed E-state index contributed by atoms with van der Waals surface area (Å²) in [6.07, 6.45) is -2.89.